The Morgan fingerprint density at radius 2 is 1.83 bits per heavy atom. The van der Waals surface area contributed by atoms with Crippen molar-refractivity contribution in [3.63, 3.8) is 0 Å². The van der Waals surface area contributed by atoms with Crippen LogP contribution >= 0.6 is 0 Å². The van der Waals surface area contributed by atoms with E-state index in [1.165, 1.54) is 0 Å². The highest BCUT2D eigenvalue weighted by molar-refractivity contribution is 6.05. The number of carbonyl (C=O) groups is 2. The van der Waals surface area contributed by atoms with Gasteiger partial charge in [0.2, 0.25) is 5.91 Å². The molecule has 146 valence electrons. The topological polar surface area (TPSA) is 98.7 Å². The lowest BCUT2D eigenvalue weighted by atomic mass is 9.96. The van der Waals surface area contributed by atoms with Crippen molar-refractivity contribution < 1.29 is 14.3 Å². The second-order valence-electron chi connectivity index (χ2n) is 7.11. The molecule has 1 heterocycles. The van der Waals surface area contributed by atoms with Crippen LogP contribution in [-0.2, 0) is 11.3 Å². The Balaban J connectivity index is 1.77. The molecular weight excluding hydrogens is 366 g/mol. The van der Waals surface area contributed by atoms with Crippen molar-refractivity contribution >= 4 is 28.3 Å². The molecule has 1 aliphatic rings. The van der Waals surface area contributed by atoms with Crippen LogP contribution in [0.15, 0.2) is 60.7 Å². The number of hydrogen-bond acceptors (Lipinski definition) is 4. The minimum atomic E-state index is -0.599. The quantitative estimate of drug-likeness (QED) is 0.519. The summed E-state index contributed by atoms with van der Waals surface area (Å²) >= 11 is 0. The normalized spacial score (nSPS) is 12.9. The molecule has 6 heteroatoms. The predicted octanol–water partition coefficient (Wildman–Crippen LogP) is 3.09. The lowest BCUT2D eigenvalue weighted by Gasteiger charge is -2.15. The number of anilines is 1. The summed E-state index contributed by atoms with van der Waals surface area (Å²) in [5.74, 6) is -0.103. The minimum Gasteiger partial charge on any atom is -0.495 e. The summed E-state index contributed by atoms with van der Waals surface area (Å²) in [5, 5.41) is 2.04. The Bertz CT molecular complexity index is 1180. The summed E-state index contributed by atoms with van der Waals surface area (Å²) in [7, 11) is 1.59. The first-order valence-corrected chi connectivity index (χ1v) is 9.15. The number of carbonyl (C=O) groups excluding carboxylic acids is 2. The Labute approximate surface area is 168 Å². The van der Waals surface area contributed by atoms with Crippen molar-refractivity contribution in [3.8, 4) is 16.9 Å². The third-order valence-electron chi connectivity index (χ3n) is 5.30. The van der Waals surface area contributed by atoms with E-state index in [0.29, 0.717) is 23.5 Å². The van der Waals surface area contributed by atoms with Crippen LogP contribution in [0.1, 0.15) is 15.9 Å². The first-order chi connectivity index (χ1) is 13.9. The van der Waals surface area contributed by atoms with E-state index >= 15 is 0 Å². The Hall–Kier alpha value is -3.80. The van der Waals surface area contributed by atoms with Gasteiger partial charge in [0.1, 0.15) is 5.75 Å². The number of ether oxygens (including phenoxy) is 1. The number of methoxy groups -OCH3 is 1. The molecule has 0 radical (unpaired) electrons. The van der Waals surface area contributed by atoms with E-state index in [0.717, 1.165) is 27.5 Å². The van der Waals surface area contributed by atoms with Gasteiger partial charge in [-0.3, -0.25) is 9.59 Å². The average molecular weight is 387 g/mol. The third-order valence-corrected chi connectivity index (χ3v) is 5.30. The number of fused-ring (bicyclic) bond motifs is 3. The maximum Gasteiger partial charge on any atom is 0.254 e. The van der Waals surface area contributed by atoms with E-state index < -0.39 is 5.91 Å². The van der Waals surface area contributed by atoms with E-state index in [1.807, 2.05) is 42.5 Å². The monoisotopic (exact) mass is 387 g/mol. The number of hydrogen-bond donors (Lipinski definition) is 2. The van der Waals surface area contributed by atoms with Gasteiger partial charge in [-0.25, -0.2) is 0 Å². The minimum absolute atomic E-state index is 0.121. The molecule has 2 amide bonds. The van der Waals surface area contributed by atoms with Crippen LogP contribution in [0.3, 0.4) is 0 Å². The molecule has 0 spiro atoms. The van der Waals surface area contributed by atoms with Gasteiger partial charge in [0.05, 0.1) is 19.3 Å². The molecule has 6 nitrogen and oxygen atoms in total. The molecule has 0 saturated heterocycles. The highest BCUT2D eigenvalue weighted by Crippen LogP contribution is 2.35. The fourth-order valence-electron chi connectivity index (χ4n) is 3.69. The van der Waals surface area contributed by atoms with Crippen molar-refractivity contribution in [3.05, 3.63) is 71.8 Å². The Kier molecular flexibility index (Phi) is 4.47. The molecule has 29 heavy (non-hydrogen) atoms. The van der Waals surface area contributed by atoms with Crippen molar-refractivity contribution in [1.82, 2.24) is 4.90 Å². The molecular formula is C23H21N3O3. The van der Waals surface area contributed by atoms with Gasteiger partial charge in [-0.2, -0.15) is 0 Å². The van der Waals surface area contributed by atoms with Crippen molar-refractivity contribution in [2.45, 2.75) is 6.54 Å². The lowest BCUT2D eigenvalue weighted by Crippen LogP contribution is -2.30. The fourth-order valence-corrected chi connectivity index (χ4v) is 3.69. The highest BCUT2D eigenvalue weighted by Gasteiger charge is 2.29. The molecule has 0 fully saturated rings. The molecule has 0 atom stereocenters. The Morgan fingerprint density at radius 1 is 1.14 bits per heavy atom. The van der Waals surface area contributed by atoms with Crippen LogP contribution in [0, 0.1) is 0 Å². The van der Waals surface area contributed by atoms with Gasteiger partial charge < -0.3 is 21.1 Å². The van der Waals surface area contributed by atoms with Crippen LogP contribution in [-0.4, -0.2) is 30.4 Å². The van der Waals surface area contributed by atoms with Gasteiger partial charge in [0, 0.05) is 17.7 Å². The summed E-state index contributed by atoms with van der Waals surface area (Å²) in [6, 6.07) is 15.6. The molecule has 0 unspecified atom stereocenters. The average Bonchev–Trinajstić information content (AvgIpc) is 3.04. The van der Waals surface area contributed by atoms with Gasteiger partial charge in [0.25, 0.3) is 5.91 Å². The molecule has 4 N–H and O–H groups in total. The molecule has 0 aliphatic carbocycles. The standard InChI is InChI=1S/C23H21N3O3/c1-13(22(25)27)11-26-12-19-17(23(26)28)7-5-14-3-4-15(9-18(14)19)16-6-8-20(24)21(10-16)29-2/h3-10H,1,11-12,24H2,2H3,(H2,25,27). The number of primary amides is 1. The Morgan fingerprint density at radius 3 is 2.55 bits per heavy atom. The summed E-state index contributed by atoms with van der Waals surface area (Å²) in [6.07, 6.45) is 0. The van der Waals surface area contributed by atoms with Gasteiger partial charge in [0.15, 0.2) is 0 Å². The second kappa shape index (κ2) is 6.98. The molecule has 0 bridgehead atoms. The number of amides is 2. The van der Waals surface area contributed by atoms with E-state index in [4.69, 9.17) is 16.2 Å². The summed E-state index contributed by atoms with van der Waals surface area (Å²) < 4.78 is 5.33. The van der Waals surface area contributed by atoms with Crippen LogP contribution in [0.2, 0.25) is 0 Å². The number of nitrogens with two attached hydrogens (primary N) is 2. The molecule has 3 aromatic carbocycles. The van der Waals surface area contributed by atoms with Gasteiger partial charge in [-0.05, 0) is 51.7 Å². The smallest absolute Gasteiger partial charge is 0.254 e. The molecule has 4 rings (SSSR count). The fraction of sp³-hybridized carbons (Fsp3) is 0.130. The SMILES string of the molecule is C=C(CN1Cc2c(ccc3ccc(-c4ccc(N)c(OC)c4)cc23)C1=O)C(N)=O. The molecule has 0 saturated carbocycles. The van der Waals surface area contributed by atoms with Crippen LogP contribution < -0.4 is 16.2 Å². The van der Waals surface area contributed by atoms with E-state index in [1.54, 1.807) is 12.0 Å². The molecule has 1 aliphatic heterocycles. The van der Waals surface area contributed by atoms with Gasteiger partial charge in [-0.15, -0.1) is 0 Å². The van der Waals surface area contributed by atoms with Crippen molar-refractivity contribution in [2.24, 2.45) is 5.73 Å². The van der Waals surface area contributed by atoms with Gasteiger partial charge >= 0.3 is 0 Å². The predicted molar refractivity (Wildman–Crippen MR) is 113 cm³/mol. The highest BCUT2D eigenvalue weighted by atomic mass is 16.5. The zero-order chi connectivity index (χ0) is 20.7. The summed E-state index contributed by atoms with van der Waals surface area (Å²) in [4.78, 5) is 25.7. The van der Waals surface area contributed by atoms with Crippen LogP contribution in [0.4, 0.5) is 5.69 Å². The van der Waals surface area contributed by atoms with Crippen molar-refractivity contribution in [1.29, 1.82) is 0 Å². The first-order valence-electron chi connectivity index (χ1n) is 9.15. The third kappa shape index (κ3) is 3.18. The van der Waals surface area contributed by atoms with Gasteiger partial charge in [-0.1, -0.05) is 30.8 Å². The second-order valence-corrected chi connectivity index (χ2v) is 7.11. The number of rotatable bonds is 5. The number of nitrogens with zero attached hydrogens (tertiary/aromatic N) is 1. The maximum absolute atomic E-state index is 12.8. The van der Waals surface area contributed by atoms with Crippen LogP contribution in [0.5, 0.6) is 5.75 Å². The van der Waals surface area contributed by atoms with E-state index in [-0.39, 0.29) is 18.0 Å². The number of benzene rings is 3. The first kappa shape index (κ1) is 18.6. The van der Waals surface area contributed by atoms with Crippen molar-refractivity contribution in [2.75, 3.05) is 19.4 Å². The molecule has 3 aromatic rings. The zero-order valence-corrected chi connectivity index (χ0v) is 16.1. The summed E-state index contributed by atoms with van der Waals surface area (Å²) in [5.41, 5.74) is 15.5. The van der Waals surface area contributed by atoms with E-state index in [9.17, 15) is 9.59 Å². The summed E-state index contributed by atoms with van der Waals surface area (Å²) in [6.45, 7) is 4.20. The number of nitrogen functional groups attached to an aromatic ring is 1. The van der Waals surface area contributed by atoms with Crippen LogP contribution in [0.25, 0.3) is 21.9 Å². The molecule has 0 aromatic heterocycles. The largest absolute Gasteiger partial charge is 0.495 e. The maximum atomic E-state index is 12.8. The lowest BCUT2D eigenvalue weighted by molar-refractivity contribution is -0.114. The zero-order valence-electron chi connectivity index (χ0n) is 16.1. The van der Waals surface area contributed by atoms with E-state index in [2.05, 4.69) is 12.6 Å².